The van der Waals surface area contributed by atoms with Gasteiger partial charge in [0.25, 0.3) is 0 Å². The van der Waals surface area contributed by atoms with Gasteiger partial charge in [-0.1, -0.05) is 72.8 Å². The van der Waals surface area contributed by atoms with Crippen LogP contribution in [-0.4, -0.2) is 0 Å². The summed E-state index contributed by atoms with van der Waals surface area (Å²) in [5.41, 5.74) is 7.09. The SMILES string of the molecule is CC(c1cc(-c2ccc(S)cc2)ccc1S)(c1cc(-c2ccc(S)cc2)ccc1S)c1ccc2ccccc2c1S. The van der Waals surface area contributed by atoms with Gasteiger partial charge in [0.1, 0.15) is 0 Å². The van der Waals surface area contributed by atoms with Crippen molar-refractivity contribution < 1.29 is 0 Å². The summed E-state index contributed by atoms with van der Waals surface area (Å²) >= 11 is 24.2. The first-order valence-electron chi connectivity index (χ1n) is 13.2. The summed E-state index contributed by atoms with van der Waals surface area (Å²) in [7, 11) is 0. The fourth-order valence-electron chi connectivity index (χ4n) is 5.63. The highest BCUT2D eigenvalue weighted by molar-refractivity contribution is 7.81. The molecule has 202 valence electrons. The molecule has 0 spiro atoms. The van der Waals surface area contributed by atoms with E-state index < -0.39 is 5.41 Å². The van der Waals surface area contributed by atoms with Crippen molar-refractivity contribution in [2.45, 2.75) is 36.8 Å². The van der Waals surface area contributed by atoms with Crippen molar-refractivity contribution in [2.24, 2.45) is 0 Å². The van der Waals surface area contributed by atoms with Gasteiger partial charge in [-0.15, -0.1) is 63.1 Å². The van der Waals surface area contributed by atoms with Crippen LogP contribution in [0.3, 0.4) is 0 Å². The van der Waals surface area contributed by atoms with Crippen LogP contribution in [0.4, 0.5) is 0 Å². The van der Waals surface area contributed by atoms with Gasteiger partial charge in [0.2, 0.25) is 0 Å². The highest BCUT2D eigenvalue weighted by Crippen LogP contribution is 2.48. The van der Waals surface area contributed by atoms with Gasteiger partial charge < -0.3 is 0 Å². The number of fused-ring (bicyclic) bond motifs is 1. The Morgan fingerprint density at radius 1 is 0.439 bits per heavy atom. The lowest BCUT2D eigenvalue weighted by Crippen LogP contribution is -2.27. The molecule has 5 heteroatoms. The molecule has 0 atom stereocenters. The topological polar surface area (TPSA) is 0 Å². The first-order valence-corrected chi connectivity index (χ1v) is 15.5. The molecule has 0 aromatic heterocycles. The Kier molecular flexibility index (Phi) is 8.01. The highest BCUT2D eigenvalue weighted by atomic mass is 32.1. The quantitative estimate of drug-likeness (QED) is 0.0919. The minimum Gasteiger partial charge on any atom is -0.143 e. The van der Waals surface area contributed by atoms with Crippen molar-refractivity contribution in [1.82, 2.24) is 0 Å². The smallest absolute Gasteiger partial charge is 0.0456 e. The molecule has 0 saturated carbocycles. The van der Waals surface area contributed by atoms with Crippen molar-refractivity contribution in [3.8, 4) is 22.3 Å². The molecule has 0 aliphatic carbocycles. The normalized spacial score (nSPS) is 11.7. The number of hydrogen-bond acceptors (Lipinski definition) is 5. The average molecular weight is 621 g/mol. The van der Waals surface area contributed by atoms with Gasteiger partial charge >= 0.3 is 0 Å². The van der Waals surface area contributed by atoms with E-state index in [1.165, 1.54) is 0 Å². The Balaban J connectivity index is 1.66. The summed E-state index contributed by atoms with van der Waals surface area (Å²) in [6.45, 7) is 2.27. The van der Waals surface area contributed by atoms with Crippen LogP contribution in [0, 0.1) is 0 Å². The number of rotatable bonds is 5. The predicted octanol–water partition coefficient (Wildman–Crippen LogP) is 11.0. The van der Waals surface area contributed by atoms with E-state index in [0.717, 1.165) is 74.2 Å². The van der Waals surface area contributed by atoms with E-state index in [1.807, 2.05) is 24.3 Å². The molecule has 0 nitrogen and oxygen atoms in total. The van der Waals surface area contributed by atoms with E-state index in [1.54, 1.807) is 0 Å². The maximum Gasteiger partial charge on any atom is 0.0456 e. The van der Waals surface area contributed by atoms with Crippen LogP contribution in [0.25, 0.3) is 33.0 Å². The fourth-order valence-corrected chi connectivity index (χ4v) is 7.16. The van der Waals surface area contributed by atoms with Crippen LogP contribution in [-0.2, 0) is 5.41 Å². The van der Waals surface area contributed by atoms with Crippen LogP contribution in [0.15, 0.2) is 146 Å². The molecule has 0 N–H and O–H groups in total. The van der Waals surface area contributed by atoms with E-state index in [0.29, 0.717) is 0 Å². The second kappa shape index (κ2) is 11.5. The third-order valence-corrected chi connectivity index (χ3v) is 9.77. The molecule has 0 unspecified atom stereocenters. The molecular formula is C36H28S5. The van der Waals surface area contributed by atoms with Gasteiger partial charge in [-0.05, 0) is 105 Å². The maximum absolute atomic E-state index is 5.17. The van der Waals surface area contributed by atoms with Crippen molar-refractivity contribution in [3.05, 3.63) is 138 Å². The Hall–Kier alpha value is -2.67. The Morgan fingerprint density at radius 3 is 1.41 bits per heavy atom. The summed E-state index contributed by atoms with van der Waals surface area (Å²) in [6.07, 6.45) is 0. The lowest BCUT2D eigenvalue weighted by atomic mass is 9.69. The number of benzene rings is 6. The van der Waals surface area contributed by atoms with E-state index in [4.69, 9.17) is 37.9 Å². The lowest BCUT2D eigenvalue weighted by molar-refractivity contribution is 0.653. The number of hydrogen-bond donors (Lipinski definition) is 5. The van der Waals surface area contributed by atoms with Crippen molar-refractivity contribution >= 4 is 73.9 Å². The van der Waals surface area contributed by atoms with E-state index in [2.05, 4.69) is 129 Å². The molecule has 6 aromatic rings. The van der Waals surface area contributed by atoms with Crippen LogP contribution in [0.5, 0.6) is 0 Å². The average Bonchev–Trinajstić information content (AvgIpc) is 2.98. The summed E-state index contributed by atoms with van der Waals surface area (Å²) in [4.78, 5) is 4.62. The van der Waals surface area contributed by atoms with E-state index in [9.17, 15) is 0 Å². The Bertz CT molecular complexity index is 1790. The summed E-state index contributed by atoms with van der Waals surface area (Å²) in [6, 6.07) is 42.2. The van der Waals surface area contributed by atoms with Crippen molar-refractivity contribution in [3.63, 3.8) is 0 Å². The standard InChI is InChI=1S/C36H28S5/c1-36(30-17-10-24-4-2-3-5-29(24)35(30)41,31-20-25(11-18-33(31)39)22-6-13-27(37)14-7-22)32-21-26(12-19-34(32)40)23-8-15-28(38)16-9-23/h2-21,37-41H,1H3. The molecule has 41 heavy (non-hydrogen) atoms. The van der Waals surface area contributed by atoms with Gasteiger partial charge in [0.15, 0.2) is 0 Å². The van der Waals surface area contributed by atoms with E-state index in [-0.39, 0.29) is 0 Å². The molecule has 0 heterocycles. The molecular weight excluding hydrogens is 593 g/mol. The number of thiol groups is 5. The van der Waals surface area contributed by atoms with Crippen LogP contribution in [0.1, 0.15) is 23.6 Å². The molecule has 0 aliphatic heterocycles. The molecule has 0 radical (unpaired) electrons. The third kappa shape index (κ3) is 5.35. The molecule has 0 bridgehead atoms. The second-order valence-corrected chi connectivity index (χ2v) is 12.8. The maximum atomic E-state index is 5.17. The van der Waals surface area contributed by atoms with Gasteiger partial charge in [-0.25, -0.2) is 0 Å². The zero-order chi connectivity index (χ0) is 28.7. The van der Waals surface area contributed by atoms with Crippen LogP contribution >= 0.6 is 63.1 Å². The van der Waals surface area contributed by atoms with Gasteiger partial charge in [-0.3, -0.25) is 0 Å². The molecule has 6 rings (SSSR count). The molecule has 0 aliphatic rings. The molecule has 0 fully saturated rings. The summed E-state index contributed by atoms with van der Waals surface area (Å²) in [5.74, 6) is 0. The zero-order valence-corrected chi connectivity index (χ0v) is 26.8. The Morgan fingerprint density at radius 2 is 0.902 bits per heavy atom. The lowest BCUT2D eigenvalue weighted by Gasteiger charge is -2.36. The largest absolute Gasteiger partial charge is 0.143 e. The van der Waals surface area contributed by atoms with Crippen LogP contribution in [0.2, 0.25) is 0 Å². The highest BCUT2D eigenvalue weighted by Gasteiger charge is 2.37. The zero-order valence-electron chi connectivity index (χ0n) is 22.3. The summed E-state index contributed by atoms with van der Waals surface area (Å²) < 4.78 is 0. The molecule has 0 amide bonds. The van der Waals surface area contributed by atoms with E-state index >= 15 is 0 Å². The first-order chi connectivity index (χ1) is 19.8. The molecule has 6 aromatic carbocycles. The molecule has 0 saturated heterocycles. The fraction of sp³-hybridized carbons (Fsp3) is 0.0556. The Labute approximate surface area is 269 Å². The monoisotopic (exact) mass is 620 g/mol. The summed E-state index contributed by atoms with van der Waals surface area (Å²) in [5, 5.41) is 2.27. The minimum absolute atomic E-state index is 0.631. The first kappa shape index (κ1) is 28.4. The van der Waals surface area contributed by atoms with Gasteiger partial charge in [-0.2, -0.15) is 0 Å². The predicted molar refractivity (Wildman–Crippen MR) is 190 cm³/mol. The van der Waals surface area contributed by atoms with Crippen molar-refractivity contribution in [1.29, 1.82) is 0 Å². The van der Waals surface area contributed by atoms with Gasteiger partial charge in [0, 0.05) is 29.9 Å². The van der Waals surface area contributed by atoms with Crippen molar-refractivity contribution in [2.75, 3.05) is 0 Å². The van der Waals surface area contributed by atoms with Crippen LogP contribution < -0.4 is 0 Å². The second-order valence-electron chi connectivity index (χ2n) is 10.4. The third-order valence-electron chi connectivity index (χ3n) is 7.91. The minimum atomic E-state index is -0.631. The van der Waals surface area contributed by atoms with Gasteiger partial charge in [0.05, 0.1) is 0 Å².